The molecule has 1 spiro atoms. The lowest BCUT2D eigenvalue weighted by atomic mass is 9.71. The Kier molecular flexibility index (Phi) is 6.76. The van der Waals surface area contributed by atoms with Crippen LogP contribution in [0.15, 0.2) is 0 Å². The van der Waals surface area contributed by atoms with Crippen LogP contribution < -0.4 is 0 Å². The summed E-state index contributed by atoms with van der Waals surface area (Å²) >= 11 is 0. The molecule has 2 amide bonds. The minimum atomic E-state index is -0.946. The summed E-state index contributed by atoms with van der Waals surface area (Å²) in [6.45, 7) is 5.61. The molecule has 8 nitrogen and oxygen atoms in total. The molecule has 0 bridgehead atoms. The van der Waals surface area contributed by atoms with Gasteiger partial charge in [-0.3, -0.25) is 9.59 Å². The molecule has 2 aliphatic rings. The van der Waals surface area contributed by atoms with Crippen LogP contribution in [-0.2, 0) is 28.5 Å². The summed E-state index contributed by atoms with van der Waals surface area (Å²) in [4.78, 5) is 39.7. The standard InChI is InChI=1S/C20H33NO7/c1-18(2,3)28-17(24)21-16(23)19(12-25-4,13-26-5)11-20(21)9-7-14(8-10-20)15(22)27-6/h14H,7-13H2,1-6H3. The first kappa shape index (κ1) is 22.6. The molecule has 8 heteroatoms. The van der Waals surface area contributed by atoms with Gasteiger partial charge in [0.2, 0.25) is 5.91 Å². The van der Waals surface area contributed by atoms with Crippen LogP contribution in [-0.4, -0.2) is 68.6 Å². The first-order valence-electron chi connectivity index (χ1n) is 9.67. The van der Waals surface area contributed by atoms with Crippen LogP contribution in [0.1, 0.15) is 52.9 Å². The van der Waals surface area contributed by atoms with Crippen molar-refractivity contribution in [1.82, 2.24) is 4.90 Å². The van der Waals surface area contributed by atoms with E-state index in [4.69, 9.17) is 18.9 Å². The lowest BCUT2D eigenvalue weighted by Crippen LogP contribution is -2.53. The summed E-state index contributed by atoms with van der Waals surface area (Å²) in [5, 5.41) is 0. The number of likely N-dealkylation sites (tertiary alicyclic amines) is 1. The van der Waals surface area contributed by atoms with Gasteiger partial charge in [0, 0.05) is 14.2 Å². The first-order chi connectivity index (χ1) is 13.0. The monoisotopic (exact) mass is 399 g/mol. The Morgan fingerprint density at radius 2 is 1.61 bits per heavy atom. The van der Waals surface area contributed by atoms with E-state index in [1.54, 1.807) is 20.8 Å². The molecular formula is C20H33NO7. The van der Waals surface area contributed by atoms with Crippen molar-refractivity contribution in [3.63, 3.8) is 0 Å². The zero-order chi connectivity index (χ0) is 21.2. The average Bonchev–Trinajstić information content (AvgIpc) is 2.82. The Morgan fingerprint density at radius 1 is 1.07 bits per heavy atom. The third kappa shape index (κ3) is 4.33. The Balaban J connectivity index is 2.38. The molecule has 1 aliphatic heterocycles. The molecule has 0 radical (unpaired) electrons. The van der Waals surface area contributed by atoms with E-state index < -0.39 is 22.6 Å². The van der Waals surface area contributed by atoms with Crippen LogP contribution in [0.5, 0.6) is 0 Å². The SMILES string of the molecule is COCC1(COC)CC2(CCC(C(=O)OC)CC2)N(C(=O)OC(C)(C)C)C1=O. The Bertz CT molecular complexity index is 596. The molecule has 160 valence electrons. The topological polar surface area (TPSA) is 91.4 Å². The molecule has 1 aliphatic carbocycles. The van der Waals surface area contributed by atoms with Crippen molar-refractivity contribution in [3.05, 3.63) is 0 Å². The molecule has 1 saturated heterocycles. The fourth-order valence-electron chi connectivity index (χ4n) is 4.60. The lowest BCUT2D eigenvalue weighted by Gasteiger charge is -2.42. The van der Waals surface area contributed by atoms with Crippen LogP contribution in [0.4, 0.5) is 4.79 Å². The zero-order valence-corrected chi connectivity index (χ0v) is 17.8. The van der Waals surface area contributed by atoms with Crippen LogP contribution in [0.3, 0.4) is 0 Å². The maximum Gasteiger partial charge on any atom is 0.417 e. The maximum atomic E-state index is 13.5. The molecule has 2 fully saturated rings. The number of carbonyl (C=O) groups excluding carboxylic acids is 3. The van der Waals surface area contributed by atoms with Gasteiger partial charge in [0.25, 0.3) is 0 Å². The van der Waals surface area contributed by atoms with Gasteiger partial charge >= 0.3 is 12.1 Å². The predicted molar refractivity (Wildman–Crippen MR) is 101 cm³/mol. The highest BCUT2D eigenvalue weighted by Crippen LogP contribution is 2.51. The summed E-state index contributed by atoms with van der Waals surface area (Å²) in [5.41, 5.74) is -2.38. The van der Waals surface area contributed by atoms with E-state index in [0.717, 1.165) is 0 Å². The number of amides is 2. The van der Waals surface area contributed by atoms with Gasteiger partial charge in [-0.25, -0.2) is 9.69 Å². The van der Waals surface area contributed by atoms with E-state index in [0.29, 0.717) is 32.1 Å². The van der Waals surface area contributed by atoms with E-state index in [-0.39, 0.29) is 31.0 Å². The summed E-state index contributed by atoms with van der Waals surface area (Å²) < 4.78 is 21.1. The molecule has 0 aromatic rings. The van der Waals surface area contributed by atoms with Crippen molar-refractivity contribution in [2.24, 2.45) is 11.3 Å². The van der Waals surface area contributed by atoms with Crippen molar-refractivity contribution >= 4 is 18.0 Å². The number of hydrogen-bond acceptors (Lipinski definition) is 7. The van der Waals surface area contributed by atoms with Crippen molar-refractivity contribution in [2.45, 2.75) is 64.0 Å². The van der Waals surface area contributed by atoms with Gasteiger partial charge in [0.05, 0.1) is 37.2 Å². The van der Waals surface area contributed by atoms with Gasteiger partial charge in [-0.1, -0.05) is 0 Å². The lowest BCUT2D eigenvalue weighted by molar-refractivity contribution is -0.147. The molecule has 0 aromatic heterocycles. The van der Waals surface area contributed by atoms with Crippen molar-refractivity contribution in [1.29, 1.82) is 0 Å². The van der Waals surface area contributed by atoms with Gasteiger partial charge in [0.15, 0.2) is 0 Å². The fraction of sp³-hybridized carbons (Fsp3) is 0.850. The second kappa shape index (κ2) is 8.37. The molecule has 0 unspecified atom stereocenters. The highest BCUT2D eigenvalue weighted by molar-refractivity contribution is 5.99. The molecular weight excluding hydrogens is 366 g/mol. The second-order valence-corrected chi connectivity index (χ2v) is 8.97. The number of nitrogens with zero attached hydrogens (tertiary/aromatic N) is 1. The van der Waals surface area contributed by atoms with Crippen molar-refractivity contribution < 1.29 is 33.3 Å². The number of esters is 1. The first-order valence-corrected chi connectivity index (χ1v) is 9.67. The number of ether oxygens (including phenoxy) is 4. The van der Waals surface area contributed by atoms with Crippen molar-refractivity contribution in [3.8, 4) is 0 Å². The third-order valence-electron chi connectivity index (χ3n) is 5.67. The fourth-order valence-corrected chi connectivity index (χ4v) is 4.60. The van der Waals surface area contributed by atoms with Gasteiger partial charge in [0.1, 0.15) is 5.60 Å². The summed E-state index contributed by atoms with van der Waals surface area (Å²) in [6.07, 6.45) is 1.92. The molecule has 1 heterocycles. The van der Waals surface area contributed by atoms with E-state index in [1.165, 1.54) is 26.2 Å². The maximum absolute atomic E-state index is 13.5. The van der Waals surface area contributed by atoms with Crippen LogP contribution in [0.2, 0.25) is 0 Å². The van der Waals surface area contributed by atoms with Crippen LogP contribution in [0, 0.1) is 11.3 Å². The van der Waals surface area contributed by atoms with Gasteiger partial charge in [-0.2, -0.15) is 0 Å². The third-order valence-corrected chi connectivity index (χ3v) is 5.67. The van der Waals surface area contributed by atoms with E-state index in [1.807, 2.05) is 0 Å². The average molecular weight is 399 g/mol. The summed E-state index contributed by atoms with van der Waals surface area (Å²) in [5.74, 6) is -0.795. The van der Waals surface area contributed by atoms with E-state index in [9.17, 15) is 14.4 Å². The predicted octanol–water partition coefficient (Wildman–Crippen LogP) is 2.54. The van der Waals surface area contributed by atoms with E-state index in [2.05, 4.69) is 0 Å². The smallest absolute Gasteiger partial charge is 0.417 e. The second-order valence-electron chi connectivity index (χ2n) is 8.97. The molecule has 1 saturated carbocycles. The van der Waals surface area contributed by atoms with Gasteiger partial charge < -0.3 is 18.9 Å². The van der Waals surface area contributed by atoms with Crippen LogP contribution >= 0.6 is 0 Å². The number of methoxy groups -OCH3 is 3. The Hall–Kier alpha value is -1.67. The summed E-state index contributed by atoms with van der Waals surface area (Å²) in [6, 6.07) is 0. The molecule has 0 N–H and O–H groups in total. The molecule has 0 atom stereocenters. The Morgan fingerprint density at radius 3 is 2.04 bits per heavy atom. The van der Waals surface area contributed by atoms with E-state index >= 15 is 0 Å². The number of rotatable bonds is 5. The highest BCUT2D eigenvalue weighted by Gasteiger charge is 2.63. The van der Waals surface area contributed by atoms with Crippen molar-refractivity contribution in [2.75, 3.05) is 34.5 Å². The largest absolute Gasteiger partial charge is 0.469 e. The zero-order valence-electron chi connectivity index (χ0n) is 17.8. The normalized spacial score (nSPS) is 27.1. The number of carbonyl (C=O) groups is 3. The van der Waals surface area contributed by atoms with Gasteiger partial charge in [-0.05, 0) is 52.9 Å². The minimum Gasteiger partial charge on any atom is -0.469 e. The Labute approximate surface area is 166 Å². The minimum absolute atomic E-state index is 0.154. The summed E-state index contributed by atoms with van der Waals surface area (Å²) in [7, 11) is 4.43. The molecule has 2 rings (SSSR count). The quantitative estimate of drug-likeness (QED) is 0.656. The highest BCUT2D eigenvalue weighted by atomic mass is 16.6. The van der Waals surface area contributed by atoms with Gasteiger partial charge in [-0.15, -0.1) is 0 Å². The molecule has 0 aromatic carbocycles. The molecule has 28 heavy (non-hydrogen) atoms. The van der Waals surface area contributed by atoms with Crippen LogP contribution in [0.25, 0.3) is 0 Å². The number of imide groups is 1. The number of hydrogen-bond donors (Lipinski definition) is 0.